The number of rotatable bonds is 6. The van der Waals surface area contributed by atoms with E-state index in [1.165, 1.54) is 0 Å². The summed E-state index contributed by atoms with van der Waals surface area (Å²) in [5, 5.41) is 4.71. The van der Waals surface area contributed by atoms with E-state index in [4.69, 9.17) is 9.47 Å². The fourth-order valence-corrected chi connectivity index (χ4v) is 2.69. The summed E-state index contributed by atoms with van der Waals surface area (Å²) in [7, 11) is 0. The third kappa shape index (κ3) is 5.28. The average Bonchev–Trinajstić information content (AvgIpc) is 3.04. The molecule has 0 atom stereocenters. The smallest absolute Gasteiger partial charge is 0.341 e. The molecule has 28 heavy (non-hydrogen) atoms. The van der Waals surface area contributed by atoms with Crippen molar-refractivity contribution < 1.29 is 32.6 Å². The van der Waals surface area contributed by atoms with E-state index in [-0.39, 0.29) is 6.61 Å². The number of allylic oxidation sites excluding steroid dienone is 1. The molecular weight excluding hydrogens is 374 g/mol. The Balaban J connectivity index is 2.16. The van der Waals surface area contributed by atoms with E-state index in [1.807, 2.05) is 0 Å². The lowest BCUT2D eigenvalue weighted by Crippen LogP contribution is -2.29. The maximum atomic E-state index is 14.0. The van der Waals surface area contributed by atoms with Gasteiger partial charge >= 0.3 is 18.0 Å². The highest BCUT2D eigenvalue weighted by molar-refractivity contribution is 5.96. The monoisotopic (exact) mass is 396 g/mol. The summed E-state index contributed by atoms with van der Waals surface area (Å²) in [4.78, 5) is 36.0. The van der Waals surface area contributed by atoms with Gasteiger partial charge in [-0.2, -0.15) is 0 Å². The van der Waals surface area contributed by atoms with E-state index in [2.05, 4.69) is 10.6 Å². The molecule has 1 aromatic rings. The quantitative estimate of drug-likeness (QED) is 0.716. The SMILES string of the molecule is CCOC(=O)C1=C(NC(=O)Nc2cc(C(=O)OC(C)C)c(F)cc2F)CCC1. The molecule has 2 amide bonds. The number of carbonyl (C=O) groups is 3. The maximum Gasteiger partial charge on any atom is 0.341 e. The molecule has 2 N–H and O–H groups in total. The van der Waals surface area contributed by atoms with Crippen LogP contribution in [0.2, 0.25) is 0 Å². The fourth-order valence-electron chi connectivity index (χ4n) is 2.69. The number of benzene rings is 1. The summed E-state index contributed by atoms with van der Waals surface area (Å²) in [6.07, 6.45) is 1.09. The number of halogens is 2. The number of ether oxygens (including phenoxy) is 2. The maximum absolute atomic E-state index is 14.0. The Hall–Kier alpha value is -2.97. The summed E-state index contributed by atoms with van der Waals surface area (Å²) < 4.78 is 37.7. The standard InChI is InChI=1S/C19H22F2N2O5/c1-4-27-17(24)11-6-5-7-15(11)22-19(26)23-16-8-12(13(20)9-14(16)21)18(25)28-10(2)3/h8-10H,4-7H2,1-3H3,(H2,22,23,26). The van der Waals surface area contributed by atoms with Gasteiger partial charge in [0, 0.05) is 11.8 Å². The molecule has 7 nitrogen and oxygen atoms in total. The molecule has 1 aliphatic carbocycles. The second kappa shape index (κ2) is 9.29. The van der Waals surface area contributed by atoms with Gasteiger partial charge in [-0.1, -0.05) is 0 Å². The zero-order valence-corrected chi connectivity index (χ0v) is 15.9. The fraction of sp³-hybridized carbons (Fsp3) is 0.421. The van der Waals surface area contributed by atoms with Crippen molar-refractivity contribution in [3.8, 4) is 0 Å². The van der Waals surface area contributed by atoms with Crippen LogP contribution in [-0.4, -0.2) is 30.7 Å². The zero-order chi connectivity index (χ0) is 20.8. The van der Waals surface area contributed by atoms with Crippen molar-refractivity contribution in [2.75, 3.05) is 11.9 Å². The minimum absolute atomic E-state index is 0.206. The first-order chi connectivity index (χ1) is 13.2. The van der Waals surface area contributed by atoms with Gasteiger partial charge in [0.15, 0.2) is 0 Å². The molecule has 1 aliphatic rings. The van der Waals surface area contributed by atoms with Gasteiger partial charge in [0.25, 0.3) is 0 Å². The first kappa shape index (κ1) is 21.3. The summed E-state index contributed by atoms with van der Waals surface area (Å²) >= 11 is 0. The molecule has 0 saturated carbocycles. The highest BCUT2D eigenvalue weighted by Crippen LogP contribution is 2.26. The van der Waals surface area contributed by atoms with E-state index in [9.17, 15) is 23.2 Å². The van der Waals surface area contributed by atoms with Crippen LogP contribution in [0.25, 0.3) is 0 Å². The van der Waals surface area contributed by atoms with Gasteiger partial charge in [-0.05, 0) is 46.1 Å². The lowest BCUT2D eigenvalue weighted by atomic mass is 10.1. The van der Waals surface area contributed by atoms with Gasteiger partial charge in [-0.3, -0.25) is 0 Å². The molecule has 0 saturated heterocycles. The van der Waals surface area contributed by atoms with E-state index in [1.54, 1.807) is 20.8 Å². The summed E-state index contributed by atoms with van der Waals surface area (Å²) in [6.45, 7) is 5.05. The predicted octanol–water partition coefficient (Wildman–Crippen LogP) is 3.65. The van der Waals surface area contributed by atoms with Crippen molar-refractivity contribution in [3.63, 3.8) is 0 Å². The van der Waals surface area contributed by atoms with Gasteiger partial charge in [-0.25, -0.2) is 23.2 Å². The Bertz CT molecular complexity index is 821. The molecule has 152 valence electrons. The van der Waals surface area contributed by atoms with Crippen LogP contribution < -0.4 is 10.6 Å². The van der Waals surface area contributed by atoms with Crippen LogP contribution in [0.4, 0.5) is 19.3 Å². The van der Waals surface area contributed by atoms with Gasteiger partial charge in [0.05, 0.1) is 29.5 Å². The Labute approximate surface area is 161 Å². The molecule has 9 heteroatoms. The van der Waals surface area contributed by atoms with Crippen LogP contribution in [-0.2, 0) is 14.3 Å². The number of urea groups is 1. The molecule has 2 rings (SSSR count). The third-order valence-corrected chi connectivity index (χ3v) is 3.87. The number of hydrogen-bond donors (Lipinski definition) is 2. The number of hydrogen-bond acceptors (Lipinski definition) is 5. The van der Waals surface area contributed by atoms with Gasteiger partial charge in [0.1, 0.15) is 11.6 Å². The second-order valence-corrected chi connectivity index (χ2v) is 6.38. The average molecular weight is 396 g/mol. The Kier molecular flexibility index (Phi) is 7.08. The Morgan fingerprint density at radius 1 is 1.07 bits per heavy atom. The largest absolute Gasteiger partial charge is 0.463 e. The van der Waals surface area contributed by atoms with Gasteiger partial charge < -0.3 is 20.1 Å². The number of carbonyl (C=O) groups excluding carboxylic acids is 3. The van der Waals surface area contributed by atoms with Crippen LogP contribution in [0.5, 0.6) is 0 Å². The van der Waals surface area contributed by atoms with E-state index >= 15 is 0 Å². The molecule has 0 unspecified atom stereocenters. The summed E-state index contributed by atoms with van der Waals surface area (Å²) in [6, 6.07) is 0.530. The third-order valence-electron chi connectivity index (χ3n) is 3.87. The van der Waals surface area contributed by atoms with Crippen molar-refractivity contribution in [2.24, 2.45) is 0 Å². The molecule has 0 aromatic heterocycles. The van der Waals surface area contributed by atoms with Crippen LogP contribution in [0.1, 0.15) is 50.4 Å². The first-order valence-corrected chi connectivity index (χ1v) is 8.90. The summed E-state index contributed by atoms with van der Waals surface area (Å²) in [5.74, 6) is -3.64. The molecule has 0 spiro atoms. The van der Waals surface area contributed by atoms with Crippen LogP contribution in [0, 0.1) is 11.6 Å². The number of esters is 2. The second-order valence-electron chi connectivity index (χ2n) is 6.38. The molecule has 0 radical (unpaired) electrons. The van der Waals surface area contributed by atoms with E-state index in [0.29, 0.717) is 36.6 Å². The number of amides is 2. The number of nitrogens with one attached hydrogen (secondary N) is 2. The van der Waals surface area contributed by atoms with Crippen LogP contribution in [0.3, 0.4) is 0 Å². The van der Waals surface area contributed by atoms with Gasteiger partial charge in [-0.15, -0.1) is 0 Å². The molecule has 1 aromatic carbocycles. The summed E-state index contributed by atoms with van der Waals surface area (Å²) in [5.41, 5.74) is -0.153. The van der Waals surface area contributed by atoms with Gasteiger partial charge in [0.2, 0.25) is 0 Å². The molecule has 0 bridgehead atoms. The highest BCUT2D eigenvalue weighted by atomic mass is 19.1. The lowest BCUT2D eigenvalue weighted by Gasteiger charge is -2.13. The van der Waals surface area contributed by atoms with Crippen molar-refractivity contribution in [3.05, 3.63) is 40.6 Å². The van der Waals surface area contributed by atoms with Crippen molar-refractivity contribution >= 4 is 23.7 Å². The van der Waals surface area contributed by atoms with Crippen molar-refractivity contribution in [1.82, 2.24) is 5.32 Å². The molecular formula is C19H22F2N2O5. The van der Waals surface area contributed by atoms with Crippen molar-refractivity contribution in [1.29, 1.82) is 0 Å². The number of anilines is 1. The van der Waals surface area contributed by atoms with Crippen LogP contribution in [0.15, 0.2) is 23.4 Å². The normalized spacial score (nSPS) is 13.5. The molecule has 0 aliphatic heterocycles. The van der Waals surface area contributed by atoms with E-state index in [0.717, 1.165) is 6.07 Å². The zero-order valence-electron chi connectivity index (χ0n) is 15.9. The van der Waals surface area contributed by atoms with Crippen molar-refractivity contribution in [2.45, 2.75) is 46.1 Å². The Morgan fingerprint density at radius 2 is 1.79 bits per heavy atom. The Morgan fingerprint density at radius 3 is 2.43 bits per heavy atom. The minimum Gasteiger partial charge on any atom is -0.463 e. The van der Waals surface area contributed by atoms with Crippen LogP contribution >= 0.6 is 0 Å². The minimum atomic E-state index is -1.10. The lowest BCUT2D eigenvalue weighted by molar-refractivity contribution is -0.138. The highest BCUT2D eigenvalue weighted by Gasteiger charge is 2.24. The molecule has 0 fully saturated rings. The first-order valence-electron chi connectivity index (χ1n) is 8.90. The van der Waals surface area contributed by atoms with E-state index < -0.39 is 47.0 Å². The molecule has 0 heterocycles. The predicted molar refractivity (Wildman–Crippen MR) is 96.6 cm³/mol. The topological polar surface area (TPSA) is 93.7 Å².